The highest BCUT2D eigenvalue weighted by Gasteiger charge is 2.19. The van der Waals surface area contributed by atoms with Crippen molar-refractivity contribution in [3.05, 3.63) is 146 Å². The second kappa shape index (κ2) is 67.8. The van der Waals surface area contributed by atoms with E-state index in [9.17, 15) is 14.4 Å². The first-order valence-electron chi connectivity index (χ1n) is 33.3. The van der Waals surface area contributed by atoms with Gasteiger partial charge in [-0.25, -0.2) is 0 Å². The highest BCUT2D eigenvalue weighted by atomic mass is 16.6. The fraction of sp³-hybridized carbons (Fsp3) is 0.640. The highest BCUT2D eigenvalue weighted by molar-refractivity contribution is 5.71. The third-order valence-corrected chi connectivity index (χ3v) is 13.8. The molecule has 0 bridgehead atoms. The van der Waals surface area contributed by atoms with Gasteiger partial charge < -0.3 is 14.2 Å². The number of carbonyl (C=O) groups is 3. The maximum atomic E-state index is 12.9. The molecule has 458 valence electrons. The summed E-state index contributed by atoms with van der Waals surface area (Å²) < 4.78 is 16.9. The molecule has 0 amide bonds. The minimum absolute atomic E-state index is 0.109. The van der Waals surface area contributed by atoms with Gasteiger partial charge in [-0.15, -0.1) is 0 Å². The van der Waals surface area contributed by atoms with Crippen LogP contribution in [0.3, 0.4) is 0 Å². The number of esters is 3. The van der Waals surface area contributed by atoms with Crippen molar-refractivity contribution >= 4 is 17.9 Å². The molecule has 0 aliphatic rings. The van der Waals surface area contributed by atoms with E-state index in [0.717, 1.165) is 122 Å². The van der Waals surface area contributed by atoms with E-state index in [-0.39, 0.29) is 37.5 Å². The van der Waals surface area contributed by atoms with Crippen LogP contribution in [0.25, 0.3) is 0 Å². The lowest BCUT2D eigenvalue weighted by atomic mass is 10.0. The van der Waals surface area contributed by atoms with Crippen LogP contribution in [-0.2, 0) is 28.6 Å². The smallest absolute Gasteiger partial charge is 0.306 e. The quantitative estimate of drug-likeness (QED) is 0.0261. The topological polar surface area (TPSA) is 78.9 Å². The number of rotatable bonds is 59. The van der Waals surface area contributed by atoms with E-state index in [1.807, 2.05) is 0 Å². The van der Waals surface area contributed by atoms with Gasteiger partial charge in [0.1, 0.15) is 13.2 Å². The minimum atomic E-state index is -0.820. The predicted molar refractivity (Wildman–Crippen MR) is 352 cm³/mol. The Labute approximate surface area is 499 Å². The molecule has 0 spiro atoms. The number of hydrogen-bond acceptors (Lipinski definition) is 6. The van der Waals surface area contributed by atoms with Crippen molar-refractivity contribution in [1.82, 2.24) is 0 Å². The summed E-state index contributed by atoms with van der Waals surface area (Å²) in [6, 6.07) is 0. The van der Waals surface area contributed by atoms with E-state index in [2.05, 4.69) is 167 Å². The molecule has 0 N–H and O–H groups in total. The lowest BCUT2D eigenvalue weighted by Gasteiger charge is -2.18. The van der Waals surface area contributed by atoms with Gasteiger partial charge in [0, 0.05) is 19.3 Å². The van der Waals surface area contributed by atoms with Gasteiger partial charge in [-0.1, -0.05) is 276 Å². The summed E-state index contributed by atoms with van der Waals surface area (Å²) >= 11 is 0. The van der Waals surface area contributed by atoms with Crippen LogP contribution in [0.5, 0.6) is 0 Å². The number of carbonyl (C=O) groups excluding carboxylic acids is 3. The molecule has 0 saturated heterocycles. The summed E-state index contributed by atoms with van der Waals surface area (Å²) in [5.74, 6) is -0.985. The van der Waals surface area contributed by atoms with Gasteiger partial charge in [0.05, 0.1) is 0 Å². The number of hydrogen-bond donors (Lipinski definition) is 0. The normalized spacial score (nSPS) is 13.1. The monoisotopic (exact) mass is 1120 g/mol. The molecule has 0 heterocycles. The molecule has 0 aromatic rings. The van der Waals surface area contributed by atoms with Crippen molar-refractivity contribution in [3.63, 3.8) is 0 Å². The van der Waals surface area contributed by atoms with Gasteiger partial charge in [0.2, 0.25) is 0 Å². The van der Waals surface area contributed by atoms with Gasteiger partial charge in [0.25, 0.3) is 0 Å². The Morgan fingerprint density at radius 3 is 0.790 bits per heavy atom. The average Bonchev–Trinajstić information content (AvgIpc) is 3.47. The molecule has 0 aromatic heterocycles. The zero-order valence-corrected chi connectivity index (χ0v) is 52.5. The molecule has 1 atom stereocenters. The van der Waals surface area contributed by atoms with Crippen molar-refractivity contribution < 1.29 is 28.6 Å². The lowest BCUT2D eigenvalue weighted by Crippen LogP contribution is -2.30. The van der Waals surface area contributed by atoms with Crippen molar-refractivity contribution in [2.75, 3.05) is 13.2 Å². The summed E-state index contributed by atoms with van der Waals surface area (Å²) in [5, 5.41) is 0. The average molecular weight is 1120 g/mol. The molecule has 0 rings (SSSR count). The largest absolute Gasteiger partial charge is 0.462 e. The fourth-order valence-electron chi connectivity index (χ4n) is 8.88. The lowest BCUT2D eigenvalue weighted by molar-refractivity contribution is -0.167. The molecule has 0 aliphatic carbocycles. The van der Waals surface area contributed by atoms with Crippen LogP contribution in [0.2, 0.25) is 0 Å². The van der Waals surface area contributed by atoms with Crippen LogP contribution < -0.4 is 0 Å². The van der Waals surface area contributed by atoms with E-state index < -0.39 is 6.10 Å². The Morgan fingerprint density at radius 1 is 0.259 bits per heavy atom. The van der Waals surface area contributed by atoms with Crippen molar-refractivity contribution in [2.24, 2.45) is 0 Å². The zero-order chi connectivity index (χ0) is 58.5. The Kier molecular flexibility index (Phi) is 63.9. The van der Waals surface area contributed by atoms with Gasteiger partial charge in [-0.2, -0.15) is 0 Å². The molecule has 0 fully saturated rings. The Morgan fingerprint density at radius 2 is 0.481 bits per heavy atom. The standard InChI is InChI=1S/C75H122O6/c1-4-7-10-13-16-19-22-25-28-30-32-33-34-35-36-37-38-39-40-41-43-44-47-50-53-56-59-62-65-68-74(77)80-71-72(70-79-73(76)67-64-61-58-55-52-49-46-27-24-21-18-15-12-9-6-3)81-75(78)69-66-63-60-57-54-51-48-45-42-31-29-26-23-20-17-14-11-8-5-2/h8-9,11-12,17-18,20-22,25-27,29-30,32,34-35,42,45-46,51-52,54-55,72H,4-7,10,13-16,19,23-24,28,31,33,36-41,43-44,47-50,53,56-71H2,1-3H3/b11-8-,12-9-,20-17-,21-18-,25-22-,29-26-,32-30-,35-34-,45-42-,46-27-,54-51-,55-52-. The summed E-state index contributed by atoms with van der Waals surface area (Å²) in [5.41, 5.74) is 0. The molecular formula is C75H122O6. The van der Waals surface area contributed by atoms with Crippen LogP contribution in [0.15, 0.2) is 146 Å². The molecular weight excluding hydrogens is 997 g/mol. The van der Waals surface area contributed by atoms with Crippen molar-refractivity contribution in [3.8, 4) is 0 Å². The molecule has 0 saturated carbocycles. The van der Waals surface area contributed by atoms with E-state index in [1.54, 1.807) is 0 Å². The van der Waals surface area contributed by atoms with E-state index in [0.29, 0.717) is 25.7 Å². The SMILES string of the molecule is CC/C=C\C/C=C\C/C=C\C/C=C\C/C=C\CCCCCC(=O)OC(COC(=O)CCCC/C=C\C/C=C\C/C=C\C/C=C\CC)COC(=O)CCCCCCCCCCCCCCCC/C=C\C/C=C\C/C=C\CCCCCCC. The second-order valence-corrected chi connectivity index (χ2v) is 21.6. The summed E-state index contributed by atoms with van der Waals surface area (Å²) in [7, 11) is 0. The second-order valence-electron chi connectivity index (χ2n) is 21.6. The summed E-state index contributed by atoms with van der Waals surface area (Å²) in [6.45, 7) is 6.34. The Balaban J connectivity index is 4.38. The first-order valence-corrected chi connectivity index (χ1v) is 33.3. The summed E-state index contributed by atoms with van der Waals surface area (Å²) in [4.78, 5) is 38.3. The van der Waals surface area contributed by atoms with Crippen LogP contribution in [0.4, 0.5) is 0 Å². The molecule has 0 aliphatic heterocycles. The van der Waals surface area contributed by atoms with E-state index >= 15 is 0 Å². The molecule has 6 heteroatoms. The number of allylic oxidation sites excluding steroid dienone is 24. The number of ether oxygens (including phenoxy) is 3. The van der Waals surface area contributed by atoms with Gasteiger partial charge in [-0.3, -0.25) is 14.4 Å². The maximum Gasteiger partial charge on any atom is 0.306 e. The van der Waals surface area contributed by atoms with Crippen LogP contribution in [0, 0.1) is 0 Å². The zero-order valence-electron chi connectivity index (χ0n) is 52.5. The van der Waals surface area contributed by atoms with Crippen LogP contribution in [0.1, 0.15) is 290 Å². The Hall–Kier alpha value is -4.71. The maximum absolute atomic E-state index is 12.9. The third kappa shape index (κ3) is 66.0. The van der Waals surface area contributed by atoms with Crippen LogP contribution in [-0.4, -0.2) is 37.2 Å². The fourth-order valence-corrected chi connectivity index (χ4v) is 8.88. The van der Waals surface area contributed by atoms with Crippen molar-refractivity contribution in [1.29, 1.82) is 0 Å². The number of unbranched alkanes of at least 4 members (excludes halogenated alkanes) is 24. The van der Waals surface area contributed by atoms with Gasteiger partial charge in [-0.05, 0) is 141 Å². The molecule has 0 radical (unpaired) electrons. The van der Waals surface area contributed by atoms with Crippen LogP contribution >= 0.6 is 0 Å². The Bertz CT molecular complexity index is 1760. The molecule has 81 heavy (non-hydrogen) atoms. The first-order chi connectivity index (χ1) is 40.0. The predicted octanol–water partition coefficient (Wildman–Crippen LogP) is 23.1. The molecule has 0 aromatic carbocycles. The first kappa shape index (κ1) is 76.3. The van der Waals surface area contributed by atoms with Crippen molar-refractivity contribution in [2.45, 2.75) is 297 Å². The highest BCUT2D eigenvalue weighted by Crippen LogP contribution is 2.16. The summed E-state index contributed by atoms with van der Waals surface area (Å²) in [6.07, 6.45) is 97.3. The third-order valence-electron chi connectivity index (χ3n) is 13.8. The van der Waals surface area contributed by atoms with E-state index in [1.165, 1.54) is 116 Å². The molecule has 6 nitrogen and oxygen atoms in total. The van der Waals surface area contributed by atoms with Gasteiger partial charge >= 0.3 is 17.9 Å². The van der Waals surface area contributed by atoms with Gasteiger partial charge in [0.15, 0.2) is 6.10 Å². The van der Waals surface area contributed by atoms with E-state index in [4.69, 9.17) is 14.2 Å². The minimum Gasteiger partial charge on any atom is -0.462 e. The molecule has 1 unspecified atom stereocenters.